The molecule has 2 amide bonds. The number of hydrogen-bond acceptors (Lipinski definition) is 12. The standard InChI is InChI=1S/C70H120N14O2/c1-9-57-53(5)61-49-62-55(7)59(29-31-69(85)79-47-27-25-45-77-43-23-21-41-75-39-19-17-37-73-35-15-13-33-71-11-3)67(83-62)51-64-56(8)60(68(84-64)52-66-58(10-2)54(6)63(82-66)50-65(57)81-61)30-32-70(86)80-48-28-26-46-78-44-24-22-42-76-40-20-18-38-74-36-16-14-34-72-12-4/h49-52,71-78,81-82H,9-48H2,1-8H3,(H,79,85)(H,80,86). The Morgan fingerprint density at radius 3 is 0.965 bits per heavy atom. The number of H-pyrrole nitrogens is 2. The molecule has 0 radical (unpaired) electrons. The molecule has 0 spiro atoms. The molecular weight excluding hydrogens is 1070 g/mol. The molecule has 16 heteroatoms. The maximum atomic E-state index is 13.5. The van der Waals surface area contributed by atoms with Crippen LogP contribution in [0.25, 0.3) is 44.4 Å². The number of hydrogen-bond donors (Lipinski definition) is 12. The minimum Gasteiger partial charge on any atom is -0.356 e. The summed E-state index contributed by atoms with van der Waals surface area (Å²) in [4.78, 5) is 45.2. The molecule has 0 saturated heterocycles. The number of rotatable bonds is 50. The maximum Gasteiger partial charge on any atom is 0.220 e. The van der Waals surface area contributed by atoms with Gasteiger partial charge in [0, 0.05) is 48.0 Å². The first-order valence-corrected chi connectivity index (χ1v) is 34.4. The highest BCUT2D eigenvalue weighted by molar-refractivity contribution is 5.97. The molecule has 5 heterocycles. The van der Waals surface area contributed by atoms with Gasteiger partial charge in [-0.3, -0.25) is 9.59 Å². The van der Waals surface area contributed by atoms with Crippen LogP contribution in [0.4, 0.5) is 0 Å². The highest BCUT2D eigenvalue weighted by Gasteiger charge is 2.23. The van der Waals surface area contributed by atoms with Crippen molar-refractivity contribution in [2.24, 2.45) is 0 Å². The van der Waals surface area contributed by atoms with E-state index < -0.39 is 0 Å². The average Bonchev–Trinajstić information content (AvgIpc) is 2.20. The molecule has 12 N–H and O–H groups in total. The highest BCUT2D eigenvalue weighted by Crippen LogP contribution is 2.38. The van der Waals surface area contributed by atoms with Gasteiger partial charge < -0.3 is 63.1 Å². The minimum absolute atomic E-state index is 0.0609. The third-order valence-corrected chi connectivity index (χ3v) is 17.2. The number of carbonyl (C=O) groups is 2. The molecule has 3 aromatic heterocycles. The first-order chi connectivity index (χ1) is 42.1. The Bertz CT molecular complexity index is 2650. The molecule has 0 atom stereocenters. The van der Waals surface area contributed by atoms with Crippen LogP contribution in [0.15, 0.2) is 24.3 Å². The van der Waals surface area contributed by atoms with Crippen LogP contribution in [0.2, 0.25) is 0 Å². The summed E-state index contributed by atoms with van der Waals surface area (Å²) >= 11 is 0. The van der Waals surface area contributed by atoms with Crippen molar-refractivity contribution in [1.29, 1.82) is 0 Å². The van der Waals surface area contributed by atoms with Crippen molar-refractivity contribution in [3.8, 4) is 0 Å². The zero-order valence-corrected chi connectivity index (χ0v) is 55.3. The Labute approximate surface area is 520 Å². The molecular formula is C70H120N14O2. The Hall–Kier alpha value is -4.78. The van der Waals surface area contributed by atoms with E-state index in [9.17, 15) is 9.59 Å². The normalized spacial score (nSPS) is 12.6. The summed E-state index contributed by atoms with van der Waals surface area (Å²) in [7, 11) is 0. The number of carbonyl (C=O) groups excluding carboxylic acids is 2. The SMILES string of the molecule is CCNCCCCNCCCCNCCCCNCCCCNC(=O)CCC1=C(C)c2cc3[nH]c(cc4[nH]c(cc5nc(cc1n2)C(C)=C5CCC(=O)NCCCCNCCCCNCCCCNCCCCNCC)c(CC)c4C)c(CC)c3C. The predicted molar refractivity (Wildman–Crippen MR) is 367 cm³/mol. The second-order valence-corrected chi connectivity index (χ2v) is 23.9. The van der Waals surface area contributed by atoms with E-state index in [1.54, 1.807) is 0 Å². The fourth-order valence-electron chi connectivity index (χ4n) is 11.7. The minimum atomic E-state index is 0.0609. The van der Waals surface area contributed by atoms with Crippen LogP contribution in [0, 0.1) is 13.8 Å². The van der Waals surface area contributed by atoms with Gasteiger partial charge >= 0.3 is 0 Å². The maximum absolute atomic E-state index is 13.5. The summed E-state index contributed by atoms with van der Waals surface area (Å²) < 4.78 is 0. The average molecular weight is 1190 g/mol. The molecule has 0 aromatic carbocycles. The lowest BCUT2D eigenvalue weighted by Crippen LogP contribution is -2.25. The lowest BCUT2D eigenvalue weighted by atomic mass is 9.98. The zero-order valence-electron chi connectivity index (χ0n) is 55.3. The van der Waals surface area contributed by atoms with E-state index in [1.807, 2.05) is 0 Å². The van der Waals surface area contributed by atoms with Crippen molar-refractivity contribution in [3.05, 3.63) is 69.3 Å². The molecule has 2 aliphatic rings. The Morgan fingerprint density at radius 1 is 0.349 bits per heavy atom. The number of fused-ring (bicyclic) bond motifs is 8. The van der Waals surface area contributed by atoms with Crippen LogP contribution < -0.4 is 53.2 Å². The summed E-state index contributed by atoms with van der Waals surface area (Å²) in [6.45, 7) is 36.0. The Kier molecular flexibility index (Phi) is 36.6. The quantitative estimate of drug-likeness (QED) is 0.0238. The monoisotopic (exact) mass is 1190 g/mol. The van der Waals surface area contributed by atoms with Crippen molar-refractivity contribution in [2.45, 2.75) is 197 Å². The molecule has 2 aliphatic heterocycles. The van der Waals surface area contributed by atoms with E-state index in [0.717, 1.165) is 210 Å². The van der Waals surface area contributed by atoms with Gasteiger partial charge in [0.15, 0.2) is 0 Å². The summed E-state index contributed by atoms with van der Waals surface area (Å²) in [5.41, 5.74) is 17.0. The molecule has 482 valence electrons. The fourth-order valence-corrected chi connectivity index (χ4v) is 11.7. The van der Waals surface area contributed by atoms with E-state index in [0.29, 0.717) is 38.8 Å². The van der Waals surface area contributed by atoms with E-state index in [4.69, 9.17) is 9.97 Å². The van der Waals surface area contributed by atoms with E-state index in [1.165, 1.54) is 99.3 Å². The first-order valence-electron chi connectivity index (χ1n) is 34.4. The molecule has 8 bridgehead atoms. The summed E-state index contributed by atoms with van der Waals surface area (Å²) in [5.74, 6) is 0.125. The summed E-state index contributed by atoms with van der Waals surface area (Å²) in [5, 5.41) is 34.8. The van der Waals surface area contributed by atoms with E-state index in [-0.39, 0.29) is 11.8 Å². The smallest absolute Gasteiger partial charge is 0.220 e. The van der Waals surface area contributed by atoms with Gasteiger partial charge in [0.25, 0.3) is 0 Å². The van der Waals surface area contributed by atoms with Gasteiger partial charge in [-0.25, -0.2) is 9.97 Å². The third-order valence-electron chi connectivity index (χ3n) is 17.2. The zero-order chi connectivity index (χ0) is 61.4. The topological polar surface area (TPSA) is 212 Å². The number of allylic oxidation sites excluding steroid dienone is 4. The second-order valence-electron chi connectivity index (χ2n) is 23.9. The van der Waals surface area contributed by atoms with Crippen LogP contribution in [0.1, 0.15) is 215 Å². The molecule has 86 heavy (non-hydrogen) atoms. The molecule has 16 nitrogen and oxygen atoms in total. The molecule has 0 aliphatic carbocycles. The van der Waals surface area contributed by atoms with Crippen molar-refractivity contribution in [2.75, 3.05) is 118 Å². The molecule has 0 unspecified atom stereocenters. The van der Waals surface area contributed by atoms with Gasteiger partial charge in [-0.15, -0.1) is 0 Å². The Balaban J connectivity index is 1.10. The third kappa shape index (κ3) is 26.5. The molecule has 0 saturated carbocycles. The molecule has 0 fully saturated rings. The predicted octanol–water partition coefficient (Wildman–Crippen LogP) is 10.7. The summed E-state index contributed by atoms with van der Waals surface area (Å²) in [6, 6.07) is 8.75. The number of nitrogens with zero attached hydrogens (tertiary/aromatic N) is 2. The molecule has 3 aromatic rings. The second kappa shape index (κ2) is 43.8. The van der Waals surface area contributed by atoms with Gasteiger partial charge in [-0.05, 0) is 330 Å². The van der Waals surface area contributed by atoms with Gasteiger partial charge in [0.2, 0.25) is 11.8 Å². The lowest BCUT2D eigenvalue weighted by molar-refractivity contribution is -0.121. The van der Waals surface area contributed by atoms with Crippen molar-refractivity contribution in [1.82, 2.24) is 73.1 Å². The number of aromatic amines is 2. The largest absolute Gasteiger partial charge is 0.356 e. The number of aryl methyl sites for hydroxylation is 4. The molecule has 5 rings (SSSR count). The van der Waals surface area contributed by atoms with Crippen LogP contribution in [0.5, 0.6) is 0 Å². The van der Waals surface area contributed by atoms with Crippen LogP contribution in [-0.4, -0.2) is 150 Å². The number of amides is 2. The van der Waals surface area contributed by atoms with Gasteiger partial charge in [0.05, 0.1) is 22.8 Å². The van der Waals surface area contributed by atoms with Crippen LogP contribution in [0.3, 0.4) is 0 Å². The number of aromatic nitrogens is 4. The van der Waals surface area contributed by atoms with Gasteiger partial charge in [-0.1, -0.05) is 27.7 Å². The Morgan fingerprint density at radius 2 is 0.628 bits per heavy atom. The van der Waals surface area contributed by atoms with Crippen molar-refractivity contribution < 1.29 is 9.59 Å². The van der Waals surface area contributed by atoms with Gasteiger partial charge in [0.1, 0.15) is 0 Å². The van der Waals surface area contributed by atoms with E-state index in [2.05, 4.69) is 143 Å². The first kappa shape index (κ1) is 72.0. The van der Waals surface area contributed by atoms with E-state index >= 15 is 0 Å². The van der Waals surface area contributed by atoms with Crippen molar-refractivity contribution in [3.63, 3.8) is 0 Å². The van der Waals surface area contributed by atoms with Crippen molar-refractivity contribution >= 4 is 56.2 Å². The number of nitrogens with one attached hydrogen (secondary N) is 12. The van der Waals surface area contributed by atoms with Crippen LogP contribution in [-0.2, 0) is 22.4 Å². The fraction of sp³-hybridized carbons (Fsp3) is 0.686. The van der Waals surface area contributed by atoms with Crippen LogP contribution >= 0.6 is 0 Å². The van der Waals surface area contributed by atoms with Gasteiger partial charge in [-0.2, -0.15) is 0 Å². The summed E-state index contributed by atoms with van der Waals surface area (Å²) in [6.07, 6.45) is 22.2. The highest BCUT2D eigenvalue weighted by atomic mass is 16.2. The number of unbranched alkanes of at least 4 members (excludes halogenated alkanes) is 8. The lowest BCUT2D eigenvalue weighted by Gasteiger charge is -2.09.